The number of carbonyl (C=O) groups excluding carboxylic acids is 1. The Morgan fingerprint density at radius 3 is 2.65 bits per heavy atom. The minimum Gasteiger partial charge on any atom is -0.475 e. The lowest BCUT2D eigenvalue weighted by atomic mass is 10.1. The van der Waals surface area contributed by atoms with Crippen LogP contribution in [-0.4, -0.2) is 17.0 Å². The van der Waals surface area contributed by atoms with Crippen molar-refractivity contribution in [3.05, 3.63) is 58.8 Å². The molecule has 104 valence electrons. The Labute approximate surface area is 114 Å². The fourth-order valence-corrected chi connectivity index (χ4v) is 1.73. The van der Waals surface area contributed by atoms with E-state index in [-0.39, 0.29) is 18.2 Å². The Kier molecular flexibility index (Phi) is 3.84. The van der Waals surface area contributed by atoms with Gasteiger partial charge in [0.2, 0.25) is 5.76 Å². The highest BCUT2D eigenvalue weighted by Gasteiger charge is 2.12. The monoisotopic (exact) mass is 277 g/mol. The molecule has 6 heteroatoms. The molecule has 1 aromatic carbocycles. The van der Waals surface area contributed by atoms with Crippen LogP contribution in [-0.2, 0) is 6.54 Å². The molecule has 0 radical (unpaired) electrons. The first-order valence-corrected chi connectivity index (χ1v) is 5.83. The molecule has 20 heavy (non-hydrogen) atoms. The van der Waals surface area contributed by atoms with E-state index < -0.39 is 11.8 Å². The summed E-state index contributed by atoms with van der Waals surface area (Å²) in [6.07, 6.45) is 0. The Bertz CT molecular complexity index is 663. The van der Waals surface area contributed by atoms with Crippen molar-refractivity contribution in [2.24, 2.45) is 0 Å². The Hall–Kier alpha value is -2.63. The maximum atomic E-state index is 12.9. The number of carboxylic acid groups (broad SMARTS) is 1. The van der Waals surface area contributed by atoms with Crippen molar-refractivity contribution in [2.75, 3.05) is 0 Å². The number of carbonyl (C=O) groups is 2. The number of carboxylic acids is 1. The van der Waals surface area contributed by atoms with Gasteiger partial charge in [-0.3, -0.25) is 4.79 Å². The first kappa shape index (κ1) is 13.8. The summed E-state index contributed by atoms with van der Waals surface area (Å²) in [6, 6.07) is 6.65. The molecule has 0 atom stereocenters. The van der Waals surface area contributed by atoms with Crippen LogP contribution in [0.15, 0.2) is 34.7 Å². The standard InChI is InChI=1S/C14H12FNO4/c1-8-6-9(15)2-4-11(8)13(17)16-7-10-3-5-12(20-10)14(18)19/h2-6H,7H2,1H3,(H,16,17)(H,18,19). The van der Waals surface area contributed by atoms with E-state index in [0.29, 0.717) is 16.9 Å². The predicted molar refractivity (Wildman–Crippen MR) is 68.0 cm³/mol. The lowest BCUT2D eigenvalue weighted by Gasteiger charge is -2.06. The number of hydrogen-bond acceptors (Lipinski definition) is 3. The van der Waals surface area contributed by atoms with Gasteiger partial charge in [0.1, 0.15) is 11.6 Å². The van der Waals surface area contributed by atoms with Crippen LogP contribution in [0.4, 0.5) is 4.39 Å². The van der Waals surface area contributed by atoms with Crippen molar-refractivity contribution < 1.29 is 23.5 Å². The summed E-state index contributed by atoms with van der Waals surface area (Å²) in [5.41, 5.74) is 0.879. The van der Waals surface area contributed by atoms with Crippen LogP contribution in [0.1, 0.15) is 32.2 Å². The van der Waals surface area contributed by atoms with Gasteiger partial charge in [0, 0.05) is 5.56 Å². The summed E-state index contributed by atoms with van der Waals surface area (Å²) >= 11 is 0. The molecule has 0 unspecified atom stereocenters. The lowest BCUT2D eigenvalue weighted by Crippen LogP contribution is -2.23. The highest BCUT2D eigenvalue weighted by atomic mass is 19.1. The maximum Gasteiger partial charge on any atom is 0.371 e. The van der Waals surface area contributed by atoms with Gasteiger partial charge in [0.25, 0.3) is 5.91 Å². The zero-order valence-electron chi connectivity index (χ0n) is 10.6. The highest BCUT2D eigenvalue weighted by molar-refractivity contribution is 5.95. The third-order valence-corrected chi connectivity index (χ3v) is 2.73. The molecule has 0 aliphatic heterocycles. The molecule has 1 amide bonds. The summed E-state index contributed by atoms with van der Waals surface area (Å²) in [5, 5.41) is 11.3. The van der Waals surface area contributed by atoms with Gasteiger partial charge in [-0.25, -0.2) is 9.18 Å². The van der Waals surface area contributed by atoms with Crippen LogP contribution in [0, 0.1) is 12.7 Å². The lowest BCUT2D eigenvalue weighted by molar-refractivity contribution is 0.0660. The maximum absolute atomic E-state index is 12.9. The Morgan fingerprint density at radius 2 is 2.05 bits per heavy atom. The van der Waals surface area contributed by atoms with Crippen molar-refractivity contribution in [3.63, 3.8) is 0 Å². The topological polar surface area (TPSA) is 79.5 Å². The van der Waals surface area contributed by atoms with E-state index in [0.717, 1.165) is 0 Å². The molecule has 0 aliphatic rings. The molecule has 0 saturated heterocycles. The molecule has 1 aromatic heterocycles. The largest absolute Gasteiger partial charge is 0.475 e. The molecule has 0 aliphatic carbocycles. The number of nitrogens with one attached hydrogen (secondary N) is 1. The molecule has 0 fully saturated rings. The van der Waals surface area contributed by atoms with Crippen LogP contribution < -0.4 is 5.32 Å². The number of hydrogen-bond donors (Lipinski definition) is 2. The van der Waals surface area contributed by atoms with Crippen LogP contribution in [0.3, 0.4) is 0 Å². The van der Waals surface area contributed by atoms with Gasteiger partial charge in [-0.05, 0) is 42.8 Å². The van der Waals surface area contributed by atoms with Gasteiger partial charge in [0.05, 0.1) is 6.54 Å². The van der Waals surface area contributed by atoms with E-state index in [1.54, 1.807) is 6.92 Å². The number of benzene rings is 1. The Morgan fingerprint density at radius 1 is 1.30 bits per heavy atom. The molecule has 0 saturated carbocycles. The van der Waals surface area contributed by atoms with Crippen LogP contribution in [0.25, 0.3) is 0 Å². The van der Waals surface area contributed by atoms with Gasteiger partial charge in [-0.1, -0.05) is 0 Å². The Balaban J connectivity index is 2.02. The van der Waals surface area contributed by atoms with E-state index in [4.69, 9.17) is 9.52 Å². The third kappa shape index (κ3) is 3.03. The third-order valence-electron chi connectivity index (χ3n) is 2.73. The van der Waals surface area contributed by atoms with Crippen LogP contribution >= 0.6 is 0 Å². The van der Waals surface area contributed by atoms with Crippen molar-refractivity contribution in [1.29, 1.82) is 0 Å². The minimum atomic E-state index is -1.17. The minimum absolute atomic E-state index is 0.0585. The number of furan rings is 1. The molecule has 1 heterocycles. The molecule has 2 aromatic rings. The summed E-state index contributed by atoms with van der Waals surface area (Å²) in [6.45, 7) is 1.69. The summed E-state index contributed by atoms with van der Waals surface area (Å²) in [5.74, 6) is -1.81. The molecular weight excluding hydrogens is 265 g/mol. The van der Waals surface area contributed by atoms with E-state index >= 15 is 0 Å². The molecule has 0 spiro atoms. The van der Waals surface area contributed by atoms with Crippen molar-refractivity contribution in [2.45, 2.75) is 13.5 Å². The van der Waals surface area contributed by atoms with E-state index in [1.807, 2.05) is 0 Å². The second-order valence-electron chi connectivity index (χ2n) is 4.21. The normalized spacial score (nSPS) is 10.3. The number of aryl methyl sites for hydroxylation is 1. The quantitative estimate of drug-likeness (QED) is 0.899. The van der Waals surface area contributed by atoms with Crippen molar-refractivity contribution in [1.82, 2.24) is 5.32 Å². The van der Waals surface area contributed by atoms with Gasteiger partial charge in [-0.2, -0.15) is 0 Å². The molecule has 5 nitrogen and oxygen atoms in total. The average Bonchev–Trinajstić information content (AvgIpc) is 2.85. The molecule has 2 rings (SSSR count). The predicted octanol–water partition coefficient (Wildman–Crippen LogP) is 2.36. The number of aromatic carboxylic acids is 1. The van der Waals surface area contributed by atoms with E-state index in [2.05, 4.69) is 5.32 Å². The van der Waals surface area contributed by atoms with Gasteiger partial charge < -0.3 is 14.8 Å². The summed E-state index contributed by atoms with van der Waals surface area (Å²) in [4.78, 5) is 22.5. The number of halogens is 1. The fraction of sp³-hybridized carbons (Fsp3) is 0.143. The average molecular weight is 277 g/mol. The van der Waals surface area contributed by atoms with Gasteiger partial charge in [-0.15, -0.1) is 0 Å². The second-order valence-corrected chi connectivity index (χ2v) is 4.21. The highest BCUT2D eigenvalue weighted by Crippen LogP contribution is 2.11. The smallest absolute Gasteiger partial charge is 0.371 e. The summed E-state index contributed by atoms with van der Waals surface area (Å²) < 4.78 is 17.9. The van der Waals surface area contributed by atoms with Crippen molar-refractivity contribution in [3.8, 4) is 0 Å². The molecule has 2 N–H and O–H groups in total. The van der Waals surface area contributed by atoms with E-state index in [9.17, 15) is 14.0 Å². The second kappa shape index (κ2) is 5.56. The van der Waals surface area contributed by atoms with Gasteiger partial charge in [0.15, 0.2) is 0 Å². The fourth-order valence-electron chi connectivity index (χ4n) is 1.73. The van der Waals surface area contributed by atoms with Crippen LogP contribution in [0.5, 0.6) is 0 Å². The van der Waals surface area contributed by atoms with E-state index in [1.165, 1.54) is 30.3 Å². The van der Waals surface area contributed by atoms with Gasteiger partial charge >= 0.3 is 5.97 Å². The number of amides is 1. The summed E-state index contributed by atoms with van der Waals surface area (Å²) in [7, 11) is 0. The zero-order valence-corrected chi connectivity index (χ0v) is 10.6. The molecular formula is C14H12FNO4. The van der Waals surface area contributed by atoms with Crippen molar-refractivity contribution >= 4 is 11.9 Å². The number of rotatable bonds is 4. The zero-order chi connectivity index (χ0) is 14.7. The molecule has 0 bridgehead atoms. The first-order chi connectivity index (χ1) is 9.47. The SMILES string of the molecule is Cc1cc(F)ccc1C(=O)NCc1ccc(C(=O)O)o1. The first-order valence-electron chi connectivity index (χ1n) is 5.83. The van der Waals surface area contributed by atoms with Crippen LogP contribution in [0.2, 0.25) is 0 Å².